The molecule has 4 nitrogen and oxygen atoms in total. The van der Waals surface area contributed by atoms with Gasteiger partial charge in [-0.15, -0.1) is 0 Å². The molecule has 0 spiro atoms. The number of rotatable bonds is 2. The maximum atomic E-state index is 9.60. The van der Waals surface area contributed by atoms with Crippen molar-refractivity contribution in [3.05, 3.63) is 18.0 Å². The number of hydrogen-bond acceptors (Lipinski definition) is 3. The van der Waals surface area contributed by atoms with Crippen molar-refractivity contribution >= 4 is 22.4 Å². The van der Waals surface area contributed by atoms with Crippen LogP contribution in [0.25, 0.3) is 0 Å². The number of nitrogens with zero attached hydrogens (tertiary/aromatic N) is 1. The zero-order valence-corrected chi connectivity index (χ0v) is 11.0. The number of H-pyrrole nitrogens is 1. The fraction of sp³-hybridized carbons (Fsp3) is 0.600. The van der Waals surface area contributed by atoms with Crippen LogP contribution in [0.15, 0.2) is 12.4 Å². The summed E-state index contributed by atoms with van der Waals surface area (Å²) in [5, 5.41) is 6.52. The van der Waals surface area contributed by atoms with E-state index in [1.54, 1.807) is 6.20 Å². The number of aromatic nitrogens is 2. The first-order valence-corrected chi connectivity index (χ1v) is 5.52. The molecule has 0 aromatic carbocycles. The molecule has 1 atom stereocenters. The quantitative estimate of drug-likeness (QED) is 0.668. The highest BCUT2D eigenvalue weighted by atomic mass is 79.9. The molecule has 1 aromatic heterocycles. The van der Waals surface area contributed by atoms with E-state index in [1.807, 2.05) is 27.0 Å². The minimum atomic E-state index is -0.318. The van der Waals surface area contributed by atoms with Crippen molar-refractivity contribution in [2.45, 2.75) is 38.1 Å². The highest BCUT2D eigenvalue weighted by molar-refractivity contribution is 9.09. The van der Waals surface area contributed by atoms with Gasteiger partial charge in [-0.2, -0.15) is 5.10 Å². The van der Waals surface area contributed by atoms with E-state index in [4.69, 9.17) is 0 Å². The minimum Gasteiger partial charge on any atom is -0.462 e. The number of ether oxygens (including phenoxy) is 1. The summed E-state index contributed by atoms with van der Waals surface area (Å²) in [5.74, 6) is 0. The Labute approximate surface area is 98.5 Å². The average Bonchev–Trinajstić information content (AvgIpc) is 2.53. The summed E-state index contributed by atoms with van der Waals surface area (Å²) in [6.07, 6.45) is 3.68. The molecule has 1 unspecified atom stereocenters. The summed E-state index contributed by atoms with van der Waals surface area (Å²) in [7, 11) is 0. The van der Waals surface area contributed by atoms with E-state index in [2.05, 4.69) is 37.8 Å². The van der Waals surface area contributed by atoms with E-state index >= 15 is 0 Å². The number of carbonyl (C=O) groups is 1. The number of aromatic amines is 1. The molecular weight excluding hydrogens is 260 g/mol. The van der Waals surface area contributed by atoms with Crippen LogP contribution in [0.2, 0.25) is 0 Å². The Hall–Kier alpha value is -0.840. The van der Waals surface area contributed by atoms with Gasteiger partial charge in [-0.3, -0.25) is 9.89 Å². The third-order valence-electron chi connectivity index (χ3n) is 1.38. The lowest BCUT2D eigenvalue weighted by atomic mass is 10.2. The van der Waals surface area contributed by atoms with Crippen molar-refractivity contribution in [1.29, 1.82) is 0 Å². The second-order valence-electron chi connectivity index (χ2n) is 3.97. The number of carbonyl (C=O) groups excluding carboxylic acids is 1. The van der Waals surface area contributed by atoms with Gasteiger partial charge in [0.2, 0.25) is 0 Å². The molecular formula is C10H17BrN2O2. The number of alkyl halides is 1. The molecule has 0 amide bonds. The fourth-order valence-electron chi connectivity index (χ4n) is 0.623. The Bertz CT molecular complexity index is 265. The summed E-state index contributed by atoms with van der Waals surface area (Å²) in [5.41, 5.74) is 0.867. The monoisotopic (exact) mass is 276 g/mol. The summed E-state index contributed by atoms with van der Waals surface area (Å²) in [4.78, 5) is 10.0. The topological polar surface area (TPSA) is 55.0 Å². The third-order valence-corrected chi connectivity index (χ3v) is 1.91. The van der Waals surface area contributed by atoms with Gasteiger partial charge in [-0.05, 0) is 27.7 Å². The van der Waals surface area contributed by atoms with Gasteiger partial charge < -0.3 is 4.74 Å². The first kappa shape index (κ1) is 14.2. The Balaban J connectivity index is 0.000000265. The molecule has 1 aromatic rings. The van der Waals surface area contributed by atoms with E-state index in [0.29, 0.717) is 11.3 Å². The van der Waals surface area contributed by atoms with Crippen LogP contribution in [0.4, 0.5) is 0 Å². The Morgan fingerprint density at radius 3 is 2.33 bits per heavy atom. The maximum Gasteiger partial charge on any atom is 0.293 e. The third kappa shape index (κ3) is 8.17. The van der Waals surface area contributed by atoms with E-state index in [0.717, 1.165) is 0 Å². The molecule has 1 rings (SSSR count). The van der Waals surface area contributed by atoms with Gasteiger partial charge in [0.15, 0.2) is 0 Å². The standard InChI is InChI=1S/C5H7BrN2.C5H10O2/c1-4(6)5-2-7-8-3-5;1-5(2,3)7-4-6/h2-4H,1H3,(H,7,8);4H,1-3H3. The molecule has 1 N–H and O–H groups in total. The predicted molar refractivity (Wildman–Crippen MR) is 62.8 cm³/mol. The predicted octanol–water partition coefficient (Wildman–Crippen LogP) is 2.82. The van der Waals surface area contributed by atoms with Crippen molar-refractivity contribution in [3.8, 4) is 0 Å². The number of nitrogens with one attached hydrogen (secondary N) is 1. The molecule has 0 bridgehead atoms. The van der Waals surface area contributed by atoms with Crippen molar-refractivity contribution in [3.63, 3.8) is 0 Å². The van der Waals surface area contributed by atoms with Gasteiger partial charge in [0, 0.05) is 16.6 Å². The van der Waals surface area contributed by atoms with Crippen molar-refractivity contribution in [1.82, 2.24) is 10.2 Å². The molecule has 5 heteroatoms. The van der Waals surface area contributed by atoms with E-state index in [-0.39, 0.29) is 5.60 Å². The lowest BCUT2D eigenvalue weighted by Crippen LogP contribution is -2.17. The lowest BCUT2D eigenvalue weighted by Gasteiger charge is -2.14. The van der Waals surface area contributed by atoms with Gasteiger partial charge in [0.1, 0.15) is 5.60 Å². The molecule has 15 heavy (non-hydrogen) atoms. The first-order valence-electron chi connectivity index (χ1n) is 4.61. The molecule has 0 saturated heterocycles. The van der Waals surface area contributed by atoms with Crippen molar-refractivity contribution < 1.29 is 9.53 Å². The molecule has 0 saturated carbocycles. The highest BCUT2D eigenvalue weighted by Gasteiger charge is 2.07. The van der Waals surface area contributed by atoms with Crippen LogP contribution in [0.1, 0.15) is 38.1 Å². The van der Waals surface area contributed by atoms with E-state index < -0.39 is 0 Å². The summed E-state index contributed by atoms with van der Waals surface area (Å²) >= 11 is 3.40. The SMILES string of the molecule is CC(Br)c1cn[nH]c1.CC(C)(C)OC=O. The number of hydrogen-bond donors (Lipinski definition) is 1. The first-order chi connectivity index (χ1) is 6.87. The maximum absolute atomic E-state index is 9.60. The smallest absolute Gasteiger partial charge is 0.293 e. The molecule has 0 aliphatic carbocycles. The second-order valence-corrected chi connectivity index (χ2v) is 5.35. The normalized spacial score (nSPS) is 12.3. The van der Waals surface area contributed by atoms with Crippen molar-refractivity contribution in [2.24, 2.45) is 0 Å². The van der Waals surface area contributed by atoms with Gasteiger partial charge in [-0.1, -0.05) is 15.9 Å². The van der Waals surface area contributed by atoms with Crippen molar-refractivity contribution in [2.75, 3.05) is 0 Å². The molecule has 0 radical (unpaired) electrons. The second kappa shape index (κ2) is 6.61. The molecule has 0 aliphatic rings. The van der Waals surface area contributed by atoms with E-state index in [9.17, 15) is 4.79 Å². The van der Waals surface area contributed by atoms with Gasteiger partial charge >= 0.3 is 0 Å². The highest BCUT2D eigenvalue weighted by Crippen LogP contribution is 2.18. The lowest BCUT2D eigenvalue weighted by molar-refractivity contribution is -0.138. The average molecular weight is 277 g/mol. The van der Waals surface area contributed by atoms with Crippen LogP contribution in [0.5, 0.6) is 0 Å². The van der Waals surface area contributed by atoms with Crippen LogP contribution < -0.4 is 0 Å². The largest absolute Gasteiger partial charge is 0.462 e. The molecule has 0 aliphatic heterocycles. The fourth-order valence-corrected chi connectivity index (χ4v) is 0.873. The molecule has 86 valence electrons. The number of halogens is 1. The Morgan fingerprint density at radius 1 is 1.60 bits per heavy atom. The van der Waals surface area contributed by atoms with Crippen LogP contribution in [-0.2, 0) is 9.53 Å². The van der Waals surface area contributed by atoms with Gasteiger partial charge in [0.05, 0.1) is 6.20 Å². The Morgan fingerprint density at radius 2 is 2.20 bits per heavy atom. The summed E-state index contributed by atoms with van der Waals surface area (Å²) < 4.78 is 4.55. The summed E-state index contributed by atoms with van der Waals surface area (Å²) in [6.45, 7) is 7.98. The zero-order chi connectivity index (χ0) is 11.9. The zero-order valence-electron chi connectivity index (χ0n) is 9.45. The van der Waals surface area contributed by atoms with Crippen LogP contribution in [0, 0.1) is 0 Å². The minimum absolute atomic E-state index is 0.318. The van der Waals surface area contributed by atoms with E-state index in [1.165, 1.54) is 5.56 Å². The molecule has 1 heterocycles. The van der Waals surface area contributed by atoms with Gasteiger partial charge in [-0.25, -0.2) is 0 Å². The summed E-state index contributed by atoms with van der Waals surface area (Å²) in [6, 6.07) is 0. The van der Waals surface area contributed by atoms with Crippen LogP contribution in [-0.4, -0.2) is 22.3 Å². The van der Waals surface area contributed by atoms with Crippen LogP contribution in [0.3, 0.4) is 0 Å². The van der Waals surface area contributed by atoms with Crippen LogP contribution >= 0.6 is 15.9 Å². The molecule has 0 fully saturated rings. The van der Waals surface area contributed by atoms with Gasteiger partial charge in [0.25, 0.3) is 6.47 Å². The Kier molecular flexibility index (Phi) is 6.24.